The Labute approximate surface area is 145 Å². The Hall–Kier alpha value is -2.35. The van der Waals surface area contributed by atoms with Crippen LogP contribution in [0.15, 0.2) is 17.2 Å². The van der Waals surface area contributed by atoms with Crippen LogP contribution in [0.5, 0.6) is 5.75 Å². The standard InChI is InChI=1S/C17H22FN5O2/c1-9(5-18)12-3-15-14(4-13(12)20-11-6-19-7-11)23-10(2)17(24)22-21-16(23)8-25-15/h3-4,9-11,19-20H,5-8H2,1-2H3,(H,22,24)/t9-,10-/m1/s1. The van der Waals surface area contributed by atoms with Gasteiger partial charge in [-0.1, -0.05) is 6.92 Å². The number of hydrazone groups is 1. The summed E-state index contributed by atoms with van der Waals surface area (Å²) in [5.41, 5.74) is 5.09. The second-order valence-corrected chi connectivity index (χ2v) is 6.80. The minimum Gasteiger partial charge on any atom is -0.483 e. The van der Waals surface area contributed by atoms with Crippen molar-refractivity contribution in [3.8, 4) is 5.75 Å². The van der Waals surface area contributed by atoms with Crippen LogP contribution >= 0.6 is 0 Å². The summed E-state index contributed by atoms with van der Waals surface area (Å²) < 4.78 is 19.2. The van der Waals surface area contributed by atoms with Gasteiger partial charge in [0.1, 0.15) is 18.4 Å². The molecule has 7 nitrogen and oxygen atoms in total. The summed E-state index contributed by atoms with van der Waals surface area (Å²) in [6, 6.07) is 3.80. The van der Waals surface area contributed by atoms with Gasteiger partial charge < -0.3 is 20.3 Å². The number of carbonyl (C=O) groups excluding carboxylic acids is 1. The summed E-state index contributed by atoms with van der Waals surface area (Å²) >= 11 is 0. The molecule has 1 aromatic rings. The second-order valence-electron chi connectivity index (χ2n) is 6.80. The molecule has 3 aliphatic heterocycles. The first-order chi connectivity index (χ1) is 12.1. The fourth-order valence-electron chi connectivity index (χ4n) is 3.31. The molecule has 0 aliphatic carbocycles. The number of hydrogen-bond acceptors (Lipinski definition) is 6. The highest BCUT2D eigenvalue weighted by molar-refractivity contribution is 6.09. The Morgan fingerprint density at radius 2 is 2.28 bits per heavy atom. The number of fused-ring (bicyclic) bond motifs is 3. The van der Waals surface area contributed by atoms with Crippen LogP contribution in [0, 0.1) is 0 Å². The lowest BCUT2D eigenvalue weighted by molar-refractivity contribution is -0.122. The third-order valence-electron chi connectivity index (χ3n) is 4.99. The summed E-state index contributed by atoms with van der Waals surface area (Å²) in [4.78, 5) is 13.9. The van der Waals surface area contributed by atoms with Crippen molar-refractivity contribution in [1.82, 2.24) is 10.7 Å². The van der Waals surface area contributed by atoms with E-state index in [2.05, 4.69) is 21.2 Å². The molecule has 3 heterocycles. The molecule has 4 rings (SSSR count). The zero-order chi connectivity index (χ0) is 17.6. The van der Waals surface area contributed by atoms with Crippen molar-refractivity contribution in [2.24, 2.45) is 5.10 Å². The molecule has 0 saturated carbocycles. The second kappa shape index (κ2) is 6.18. The number of ether oxygens (including phenoxy) is 1. The van der Waals surface area contributed by atoms with Crippen LogP contribution < -0.4 is 25.7 Å². The summed E-state index contributed by atoms with van der Waals surface area (Å²) in [5.74, 6) is 0.937. The minimum absolute atomic E-state index is 0.157. The number of anilines is 2. The average molecular weight is 347 g/mol. The third-order valence-corrected chi connectivity index (χ3v) is 4.99. The van der Waals surface area contributed by atoms with Gasteiger partial charge in [-0.3, -0.25) is 9.18 Å². The number of benzene rings is 1. The Morgan fingerprint density at radius 1 is 1.48 bits per heavy atom. The molecule has 2 atom stereocenters. The number of alkyl halides is 1. The maximum atomic E-state index is 13.3. The molecule has 25 heavy (non-hydrogen) atoms. The van der Waals surface area contributed by atoms with Crippen LogP contribution in [-0.2, 0) is 4.79 Å². The fraction of sp³-hybridized carbons (Fsp3) is 0.529. The number of amides is 1. The molecule has 1 aromatic carbocycles. The molecule has 1 fully saturated rings. The molecule has 0 unspecified atom stereocenters. The van der Waals surface area contributed by atoms with Gasteiger partial charge in [-0.2, -0.15) is 5.10 Å². The van der Waals surface area contributed by atoms with Gasteiger partial charge in [-0.15, -0.1) is 0 Å². The smallest absolute Gasteiger partial charge is 0.262 e. The van der Waals surface area contributed by atoms with Gasteiger partial charge in [0.25, 0.3) is 5.91 Å². The van der Waals surface area contributed by atoms with Crippen molar-refractivity contribution in [3.05, 3.63) is 17.7 Å². The van der Waals surface area contributed by atoms with E-state index in [0.717, 1.165) is 30.0 Å². The van der Waals surface area contributed by atoms with E-state index < -0.39 is 6.67 Å². The molecule has 3 aliphatic rings. The van der Waals surface area contributed by atoms with Gasteiger partial charge in [0, 0.05) is 24.7 Å². The van der Waals surface area contributed by atoms with Crippen LogP contribution in [0.1, 0.15) is 25.3 Å². The van der Waals surface area contributed by atoms with Crippen molar-refractivity contribution in [2.45, 2.75) is 31.8 Å². The van der Waals surface area contributed by atoms with Crippen molar-refractivity contribution in [2.75, 3.05) is 36.6 Å². The molecule has 1 saturated heterocycles. The Morgan fingerprint density at radius 3 is 2.96 bits per heavy atom. The lowest BCUT2D eigenvalue weighted by atomic mass is 9.97. The number of nitrogens with one attached hydrogen (secondary N) is 3. The van der Waals surface area contributed by atoms with E-state index in [1.807, 2.05) is 30.9 Å². The van der Waals surface area contributed by atoms with E-state index >= 15 is 0 Å². The molecule has 1 amide bonds. The Kier molecular flexibility index (Phi) is 3.99. The number of nitrogens with zero attached hydrogens (tertiary/aromatic N) is 2. The van der Waals surface area contributed by atoms with Crippen molar-refractivity contribution in [3.63, 3.8) is 0 Å². The average Bonchev–Trinajstić information content (AvgIpc) is 2.59. The van der Waals surface area contributed by atoms with E-state index in [-0.39, 0.29) is 24.5 Å². The van der Waals surface area contributed by atoms with Crippen molar-refractivity contribution in [1.29, 1.82) is 0 Å². The van der Waals surface area contributed by atoms with E-state index in [1.165, 1.54) is 0 Å². The highest BCUT2D eigenvalue weighted by Gasteiger charge is 2.36. The number of halogens is 1. The number of hydrogen-bond donors (Lipinski definition) is 3. The predicted molar refractivity (Wildman–Crippen MR) is 94.1 cm³/mol. The van der Waals surface area contributed by atoms with Gasteiger partial charge >= 0.3 is 0 Å². The van der Waals surface area contributed by atoms with Crippen LogP contribution in [0.3, 0.4) is 0 Å². The maximum Gasteiger partial charge on any atom is 0.262 e. The van der Waals surface area contributed by atoms with Crippen molar-refractivity contribution >= 4 is 23.1 Å². The van der Waals surface area contributed by atoms with E-state index in [1.54, 1.807) is 0 Å². The lowest BCUT2D eigenvalue weighted by Crippen LogP contribution is -2.55. The highest BCUT2D eigenvalue weighted by Crippen LogP contribution is 2.41. The van der Waals surface area contributed by atoms with Crippen LogP contribution in [0.4, 0.5) is 15.8 Å². The normalized spacial score (nSPS) is 23.5. The summed E-state index contributed by atoms with van der Waals surface area (Å²) in [6.45, 7) is 5.29. The molecular formula is C17H22FN5O2. The first kappa shape index (κ1) is 16.1. The summed E-state index contributed by atoms with van der Waals surface area (Å²) in [5, 5.41) is 10.8. The number of amidine groups is 1. The predicted octanol–water partition coefficient (Wildman–Crippen LogP) is 1.17. The zero-order valence-electron chi connectivity index (χ0n) is 14.3. The Balaban J connectivity index is 1.78. The fourth-order valence-corrected chi connectivity index (χ4v) is 3.31. The molecule has 0 spiro atoms. The highest BCUT2D eigenvalue weighted by atomic mass is 19.1. The molecule has 0 radical (unpaired) electrons. The van der Waals surface area contributed by atoms with Crippen molar-refractivity contribution < 1.29 is 13.9 Å². The van der Waals surface area contributed by atoms with Gasteiger partial charge in [0.05, 0.1) is 18.4 Å². The number of carbonyl (C=O) groups is 1. The first-order valence-electron chi connectivity index (χ1n) is 8.58. The lowest BCUT2D eigenvalue weighted by Gasteiger charge is -2.39. The largest absolute Gasteiger partial charge is 0.483 e. The van der Waals surface area contributed by atoms with E-state index in [0.29, 0.717) is 17.6 Å². The number of rotatable bonds is 4. The Bertz CT molecular complexity index is 734. The van der Waals surface area contributed by atoms with E-state index in [4.69, 9.17) is 4.74 Å². The monoisotopic (exact) mass is 347 g/mol. The van der Waals surface area contributed by atoms with Gasteiger partial charge in [-0.25, -0.2) is 5.43 Å². The topological polar surface area (TPSA) is 78.0 Å². The van der Waals surface area contributed by atoms with E-state index in [9.17, 15) is 9.18 Å². The van der Waals surface area contributed by atoms with Crippen LogP contribution in [-0.4, -0.2) is 50.2 Å². The summed E-state index contributed by atoms with van der Waals surface area (Å²) in [6.07, 6.45) is 0. The zero-order valence-corrected chi connectivity index (χ0v) is 14.3. The van der Waals surface area contributed by atoms with Crippen LogP contribution in [0.25, 0.3) is 0 Å². The SMILES string of the molecule is C[C@H](CF)c1cc2c(cc1NC1CNC1)N1C(=NNC(=O)[C@H]1C)CO2. The minimum atomic E-state index is -0.439. The molecule has 134 valence electrons. The van der Waals surface area contributed by atoms with Crippen LogP contribution in [0.2, 0.25) is 0 Å². The molecule has 3 N–H and O–H groups in total. The molecular weight excluding hydrogens is 325 g/mol. The quantitative estimate of drug-likeness (QED) is 0.762. The maximum absolute atomic E-state index is 13.3. The third kappa shape index (κ3) is 2.70. The van der Waals surface area contributed by atoms with Gasteiger partial charge in [0.15, 0.2) is 5.84 Å². The van der Waals surface area contributed by atoms with Gasteiger partial charge in [-0.05, 0) is 24.6 Å². The summed E-state index contributed by atoms with van der Waals surface area (Å²) in [7, 11) is 0. The molecule has 0 bridgehead atoms. The first-order valence-corrected chi connectivity index (χ1v) is 8.58. The molecule has 0 aromatic heterocycles. The molecule has 8 heteroatoms. The van der Waals surface area contributed by atoms with Gasteiger partial charge in [0.2, 0.25) is 0 Å².